The first-order valence-corrected chi connectivity index (χ1v) is 14.8. The number of ether oxygens (including phenoxy) is 1. The normalized spacial score (nSPS) is 11.7. The van der Waals surface area contributed by atoms with E-state index in [1.165, 1.54) is 23.0 Å². The third-order valence-corrected chi connectivity index (χ3v) is 10.7. The first-order chi connectivity index (χ1) is 17.8. The number of methoxy groups -OCH3 is 1. The zero-order valence-corrected chi connectivity index (χ0v) is 24.2. The Kier molecular flexibility index (Phi) is 14.6. The van der Waals surface area contributed by atoms with Crippen LogP contribution in [0, 0.1) is 0 Å². The molecule has 3 rings (SSSR count). The molecule has 0 radical (unpaired) electrons. The van der Waals surface area contributed by atoms with E-state index in [9.17, 15) is 4.79 Å². The van der Waals surface area contributed by atoms with Crippen molar-refractivity contribution in [1.82, 2.24) is 0 Å². The molecule has 3 aromatic carbocycles. The SMILES string of the molecule is COC(=O)CCC/C=C\C/C=C\C/C=C\CC[P+](c1ccccc1)(c1ccccc1)c1ccccc1.[Br-]. The molecule has 0 spiro atoms. The quantitative estimate of drug-likeness (QED) is 0.125. The topological polar surface area (TPSA) is 26.3 Å². The standard InChI is InChI=1S/C33H38O2P.BrH/c1-35-33(34)28-20-9-7-5-3-2-4-6-8-10-21-29-36(30-22-14-11-15-23-30,31-24-16-12-17-25-31)32-26-18-13-19-27-32;/h2,4-5,7-8,10-19,22-27H,3,6,9,20-21,28-29H2,1H3;1H/q+1;/p-1/b4-2-,7-5-,10-8-;. The molecular formula is C33H38BrO2P. The second kappa shape index (κ2) is 17.7. The minimum absolute atomic E-state index is 0. The molecule has 0 unspecified atom stereocenters. The molecular weight excluding hydrogens is 539 g/mol. The lowest BCUT2D eigenvalue weighted by atomic mass is 10.2. The zero-order chi connectivity index (χ0) is 25.3. The highest BCUT2D eigenvalue weighted by Crippen LogP contribution is 2.55. The molecule has 0 atom stereocenters. The summed E-state index contributed by atoms with van der Waals surface area (Å²) in [5, 5.41) is 4.32. The lowest BCUT2D eigenvalue weighted by Crippen LogP contribution is -3.00. The van der Waals surface area contributed by atoms with Crippen molar-refractivity contribution in [3.05, 3.63) is 127 Å². The molecule has 0 heterocycles. The van der Waals surface area contributed by atoms with Gasteiger partial charge in [-0.25, -0.2) is 0 Å². The van der Waals surface area contributed by atoms with Gasteiger partial charge in [0.05, 0.1) is 13.3 Å². The Bertz CT molecular complexity index is 1010. The van der Waals surface area contributed by atoms with E-state index in [0.29, 0.717) is 6.42 Å². The first kappa shape index (κ1) is 30.5. The van der Waals surface area contributed by atoms with Crippen LogP contribution in [0.4, 0.5) is 0 Å². The smallest absolute Gasteiger partial charge is 0.305 e. The summed E-state index contributed by atoms with van der Waals surface area (Å²) in [7, 11) is -0.313. The number of hydrogen-bond donors (Lipinski definition) is 0. The van der Waals surface area contributed by atoms with Crippen molar-refractivity contribution in [2.45, 2.75) is 38.5 Å². The van der Waals surface area contributed by atoms with Crippen molar-refractivity contribution in [1.29, 1.82) is 0 Å². The molecule has 0 aliphatic heterocycles. The van der Waals surface area contributed by atoms with Gasteiger partial charge in [0.2, 0.25) is 0 Å². The van der Waals surface area contributed by atoms with Crippen LogP contribution >= 0.6 is 7.26 Å². The Morgan fingerprint density at radius 2 is 1.05 bits per heavy atom. The maximum absolute atomic E-state index is 11.1. The zero-order valence-electron chi connectivity index (χ0n) is 21.7. The summed E-state index contributed by atoms with van der Waals surface area (Å²) in [6.45, 7) is 0. The lowest BCUT2D eigenvalue weighted by Gasteiger charge is -2.27. The van der Waals surface area contributed by atoms with Gasteiger partial charge in [0, 0.05) is 12.8 Å². The molecule has 0 saturated heterocycles. The van der Waals surface area contributed by atoms with Crippen molar-refractivity contribution in [2.75, 3.05) is 13.3 Å². The van der Waals surface area contributed by atoms with Crippen molar-refractivity contribution in [2.24, 2.45) is 0 Å². The number of esters is 1. The fourth-order valence-electron chi connectivity index (χ4n) is 4.39. The number of unbranched alkanes of at least 4 members (excludes halogenated alkanes) is 1. The molecule has 0 saturated carbocycles. The molecule has 194 valence electrons. The van der Waals surface area contributed by atoms with Gasteiger partial charge in [-0.2, -0.15) is 0 Å². The Morgan fingerprint density at radius 3 is 1.49 bits per heavy atom. The van der Waals surface area contributed by atoms with E-state index < -0.39 is 7.26 Å². The number of benzene rings is 3. The maximum Gasteiger partial charge on any atom is 0.305 e. The highest BCUT2D eigenvalue weighted by atomic mass is 79.9. The Hall–Kier alpha value is -2.74. The van der Waals surface area contributed by atoms with Gasteiger partial charge >= 0.3 is 5.97 Å². The second-order valence-electron chi connectivity index (χ2n) is 8.68. The average Bonchev–Trinajstić information content (AvgIpc) is 2.94. The van der Waals surface area contributed by atoms with Crippen LogP contribution < -0.4 is 32.9 Å². The third-order valence-electron chi connectivity index (χ3n) is 6.25. The van der Waals surface area contributed by atoms with Gasteiger partial charge in [-0.1, -0.05) is 91.1 Å². The van der Waals surface area contributed by atoms with Gasteiger partial charge in [-0.15, -0.1) is 0 Å². The van der Waals surface area contributed by atoms with Crippen LogP contribution in [0.5, 0.6) is 0 Å². The highest BCUT2D eigenvalue weighted by molar-refractivity contribution is 7.95. The molecule has 0 aliphatic carbocycles. The van der Waals surface area contributed by atoms with E-state index in [0.717, 1.165) is 38.3 Å². The largest absolute Gasteiger partial charge is 1.00 e. The van der Waals surface area contributed by atoms with E-state index in [-0.39, 0.29) is 23.0 Å². The van der Waals surface area contributed by atoms with Gasteiger partial charge < -0.3 is 21.7 Å². The van der Waals surface area contributed by atoms with Crippen LogP contribution in [-0.4, -0.2) is 19.2 Å². The van der Waals surface area contributed by atoms with E-state index >= 15 is 0 Å². The molecule has 0 aromatic heterocycles. The van der Waals surface area contributed by atoms with Gasteiger partial charge in [-0.05, 0) is 62.1 Å². The number of hydrogen-bond acceptors (Lipinski definition) is 2. The van der Waals surface area contributed by atoms with Crippen molar-refractivity contribution < 1.29 is 26.5 Å². The van der Waals surface area contributed by atoms with Crippen LogP contribution in [-0.2, 0) is 9.53 Å². The summed E-state index contributed by atoms with van der Waals surface area (Å²) in [4.78, 5) is 11.1. The van der Waals surface area contributed by atoms with E-state index in [1.54, 1.807) is 0 Å². The predicted octanol–water partition coefficient (Wildman–Crippen LogP) is 4.17. The highest BCUT2D eigenvalue weighted by Gasteiger charge is 2.44. The molecule has 37 heavy (non-hydrogen) atoms. The van der Waals surface area contributed by atoms with E-state index in [2.05, 4.69) is 132 Å². The fourth-order valence-corrected chi connectivity index (χ4v) is 8.64. The minimum atomic E-state index is -1.75. The average molecular weight is 578 g/mol. The number of allylic oxidation sites excluding steroid dienone is 6. The van der Waals surface area contributed by atoms with Crippen LogP contribution in [0.15, 0.2) is 127 Å². The summed E-state index contributed by atoms with van der Waals surface area (Å²) in [6.07, 6.45) is 19.6. The third kappa shape index (κ3) is 9.58. The number of halogens is 1. The Morgan fingerprint density at radius 1 is 0.649 bits per heavy atom. The molecule has 0 N–H and O–H groups in total. The van der Waals surface area contributed by atoms with Crippen molar-refractivity contribution >= 4 is 29.1 Å². The number of rotatable bonds is 14. The first-order valence-electron chi connectivity index (χ1n) is 12.8. The van der Waals surface area contributed by atoms with Crippen LogP contribution in [0.1, 0.15) is 38.5 Å². The Labute approximate surface area is 234 Å². The monoisotopic (exact) mass is 576 g/mol. The van der Waals surface area contributed by atoms with Gasteiger partial charge in [0.1, 0.15) is 23.2 Å². The van der Waals surface area contributed by atoms with Crippen molar-refractivity contribution in [3.8, 4) is 0 Å². The lowest BCUT2D eigenvalue weighted by molar-refractivity contribution is -0.140. The number of carbonyl (C=O) groups is 1. The summed E-state index contributed by atoms with van der Waals surface area (Å²) >= 11 is 0. The molecule has 2 nitrogen and oxygen atoms in total. The molecule has 4 heteroatoms. The maximum atomic E-state index is 11.1. The minimum Gasteiger partial charge on any atom is -1.00 e. The molecule has 0 fully saturated rings. The van der Waals surface area contributed by atoms with Crippen molar-refractivity contribution in [3.63, 3.8) is 0 Å². The van der Waals surface area contributed by atoms with Crippen LogP contribution in [0.3, 0.4) is 0 Å². The Balaban J connectivity index is 0.00000481. The predicted molar refractivity (Wildman–Crippen MR) is 157 cm³/mol. The molecule has 3 aromatic rings. The van der Waals surface area contributed by atoms with Crippen LogP contribution in [0.2, 0.25) is 0 Å². The molecule has 0 amide bonds. The summed E-state index contributed by atoms with van der Waals surface area (Å²) in [5.41, 5.74) is 0. The molecule has 0 aliphatic rings. The summed E-state index contributed by atoms with van der Waals surface area (Å²) in [6, 6.07) is 33.2. The van der Waals surface area contributed by atoms with Gasteiger partial charge in [-0.3, -0.25) is 4.79 Å². The van der Waals surface area contributed by atoms with Crippen LogP contribution in [0.25, 0.3) is 0 Å². The second-order valence-corrected chi connectivity index (χ2v) is 12.3. The summed E-state index contributed by atoms with van der Waals surface area (Å²) < 4.78 is 4.66. The number of carbonyl (C=O) groups excluding carboxylic acids is 1. The molecule has 0 bridgehead atoms. The van der Waals surface area contributed by atoms with Gasteiger partial charge in [0.25, 0.3) is 0 Å². The van der Waals surface area contributed by atoms with E-state index in [4.69, 9.17) is 0 Å². The van der Waals surface area contributed by atoms with Gasteiger partial charge in [0.15, 0.2) is 0 Å². The fraction of sp³-hybridized carbons (Fsp3) is 0.242. The summed E-state index contributed by atoms with van der Waals surface area (Å²) in [5.74, 6) is -0.134. The van der Waals surface area contributed by atoms with E-state index in [1.807, 2.05) is 0 Å².